The van der Waals surface area contributed by atoms with Crippen LogP contribution in [0.4, 0.5) is 0 Å². The molecule has 0 fully saturated rings. The molecule has 13 nitrogen and oxygen atoms in total. The van der Waals surface area contributed by atoms with Crippen LogP contribution in [0.3, 0.4) is 0 Å². The molecule has 0 saturated heterocycles. The van der Waals surface area contributed by atoms with E-state index in [0.717, 1.165) is 27.6 Å². The minimum absolute atomic E-state index is 0.0535. The molecule has 0 bridgehead atoms. The highest BCUT2D eigenvalue weighted by atomic mass is 16.6. The van der Waals surface area contributed by atoms with Gasteiger partial charge in [0.25, 0.3) is 0 Å². The summed E-state index contributed by atoms with van der Waals surface area (Å²) in [6.07, 6.45) is 0.761. The van der Waals surface area contributed by atoms with Crippen molar-refractivity contribution < 1.29 is 47.6 Å². The van der Waals surface area contributed by atoms with Crippen LogP contribution in [-0.2, 0) is 23.3 Å². The van der Waals surface area contributed by atoms with E-state index in [0.29, 0.717) is 88.1 Å². The molecule has 0 aliphatic carbocycles. The molecule has 0 radical (unpaired) electrons. The molecule has 3 atom stereocenters. The van der Waals surface area contributed by atoms with Crippen LogP contribution in [0.15, 0.2) is 54.6 Å². The van der Waals surface area contributed by atoms with E-state index in [9.17, 15) is 5.02 Å². The fraction of sp³-hybridized carbons (Fsp3) is 0.455. The third-order valence-electron chi connectivity index (χ3n) is 8.76. The van der Waals surface area contributed by atoms with Crippen molar-refractivity contribution in [3.05, 3.63) is 71.3 Å². The highest BCUT2D eigenvalue weighted by Crippen LogP contribution is 2.30. The number of rotatable bonds is 19. The third-order valence-corrected chi connectivity index (χ3v) is 8.76. The molecule has 8 N–H and O–H groups in total. The van der Waals surface area contributed by atoms with E-state index in [1.165, 1.54) is 0 Å². The van der Waals surface area contributed by atoms with E-state index in [4.69, 9.17) is 59.8 Å². The number of fused-ring (bicyclic) bond motifs is 3. The van der Waals surface area contributed by atoms with Crippen LogP contribution in [0.5, 0.6) is 17.2 Å². The molecule has 3 aromatic rings. The second-order valence-electron chi connectivity index (χ2n) is 11.9. The Labute approximate surface area is 287 Å². The van der Waals surface area contributed by atoms with Crippen LogP contribution >= 0.6 is 0 Å². The summed E-state index contributed by atoms with van der Waals surface area (Å²) in [5.41, 5.74) is 22.8. The fourth-order valence-electron chi connectivity index (χ4n) is 6.45. The summed E-state index contributed by atoms with van der Waals surface area (Å²) >= 11 is 0. The molecule has 49 heavy (non-hydrogen) atoms. The Bertz CT molecular complexity index is 1540. The van der Waals surface area contributed by atoms with Crippen molar-refractivity contribution in [2.45, 2.75) is 37.6 Å². The lowest BCUT2D eigenvalue weighted by Crippen LogP contribution is -2.35. The van der Waals surface area contributed by atoms with Gasteiger partial charge in [-0.15, -0.1) is 0 Å². The quantitative estimate of drug-likeness (QED) is 0.0815. The maximum atomic E-state index is 10.4. The van der Waals surface area contributed by atoms with E-state index >= 15 is 0 Å². The lowest BCUT2D eigenvalue weighted by molar-refractivity contribution is 0.154. The van der Waals surface area contributed by atoms with Gasteiger partial charge in [-0.05, 0) is 34.9 Å². The molecule has 3 heterocycles. The molecular weight excluding hydrogens is 631 g/mol. The number of aliphatic hydroxyl groups excluding tert-OH is 1. The summed E-state index contributed by atoms with van der Waals surface area (Å²) in [6.45, 7) is 2.84. The summed E-state index contributed by atoms with van der Waals surface area (Å²) in [5, 5.41) is 19.5. The zero-order chi connectivity index (χ0) is 34.2. The lowest BCUT2D eigenvalue weighted by Gasteiger charge is -2.15. The van der Waals surface area contributed by atoms with Gasteiger partial charge in [0, 0.05) is 75.1 Å². The van der Waals surface area contributed by atoms with Gasteiger partial charge in [-0.1, -0.05) is 36.4 Å². The topological polar surface area (TPSA) is 192 Å². The first-order chi connectivity index (χ1) is 24.1. The summed E-state index contributed by atoms with van der Waals surface area (Å²) in [6, 6.07) is 17.1. The second-order valence-corrected chi connectivity index (χ2v) is 11.9. The maximum Gasteiger partial charge on any atom is 0.498 e. The average molecular weight is 675 g/mol. The van der Waals surface area contributed by atoms with Crippen molar-refractivity contribution in [1.82, 2.24) is 0 Å². The minimum atomic E-state index is -1.07. The number of benzene rings is 3. The lowest BCUT2D eigenvalue weighted by atomic mass is 9.77. The van der Waals surface area contributed by atoms with Crippen LogP contribution in [0, 0.1) is 0 Å². The normalized spacial score (nSPS) is 19.3. The van der Waals surface area contributed by atoms with Crippen molar-refractivity contribution in [1.29, 1.82) is 0 Å². The largest absolute Gasteiger partial charge is 0.498 e. The van der Waals surface area contributed by atoms with Crippen LogP contribution in [0.2, 0.25) is 0 Å². The van der Waals surface area contributed by atoms with Gasteiger partial charge in [0.15, 0.2) is 0 Å². The summed E-state index contributed by atoms with van der Waals surface area (Å²) < 4.78 is 48.3. The zero-order valence-corrected chi connectivity index (χ0v) is 27.5. The van der Waals surface area contributed by atoms with Crippen molar-refractivity contribution in [2.24, 2.45) is 17.2 Å². The summed E-state index contributed by atoms with van der Waals surface area (Å²) in [7, 11) is -2.32. The first kappa shape index (κ1) is 35.7. The van der Waals surface area contributed by atoms with Gasteiger partial charge in [-0.2, -0.15) is 0 Å². The predicted molar refractivity (Wildman–Crippen MR) is 186 cm³/mol. The molecule has 0 saturated carbocycles. The van der Waals surface area contributed by atoms with E-state index in [2.05, 4.69) is 0 Å². The zero-order valence-electron chi connectivity index (χ0n) is 27.5. The Morgan fingerprint density at radius 3 is 1.41 bits per heavy atom. The number of aliphatic hydroxyl groups is 1. The maximum absolute atomic E-state index is 10.4. The SMILES string of the molecule is NCC1OB(O)c2c(OCCCOB3OC(CN)c4cccc(OCCCOB5OC(CN)c6cccc(OCCCO)c65)c43)cccc21. The van der Waals surface area contributed by atoms with E-state index in [1.807, 2.05) is 54.6 Å². The van der Waals surface area contributed by atoms with Crippen molar-refractivity contribution in [2.75, 3.05) is 59.3 Å². The third kappa shape index (κ3) is 7.94. The Balaban J connectivity index is 1.00. The molecule has 3 aromatic carbocycles. The molecule has 0 spiro atoms. The molecule has 16 heteroatoms. The highest BCUT2D eigenvalue weighted by molar-refractivity contribution is 6.64. The minimum Gasteiger partial charge on any atom is -0.494 e. The van der Waals surface area contributed by atoms with E-state index in [-0.39, 0.29) is 31.5 Å². The van der Waals surface area contributed by atoms with Gasteiger partial charge in [-0.3, -0.25) is 0 Å². The van der Waals surface area contributed by atoms with Crippen molar-refractivity contribution >= 4 is 37.7 Å². The molecule has 6 rings (SSSR count). The van der Waals surface area contributed by atoms with Crippen LogP contribution in [0.1, 0.15) is 54.3 Å². The van der Waals surface area contributed by atoms with E-state index in [1.54, 1.807) is 0 Å². The van der Waals surface area contributed by atoms with Gasteiger partial charge in [0.05, 0.1) is 38.1 Å². The number of ether oxygens (including phenoxy) is 3. The van der Waals surface area contributed by atoms with Crippen LogP contribution in [-0.4, -0.2) is 90.8 Å². The Morgan fingerprint density at radius 2 is 0.959 bits per heavy atom. The summed E-state index contributed by atoms with van der Waals surface area (Å²) in [4.78, 5) is 0. The van der Waals surface area contributed by atoms with Gasteiger partial charge in [-0.25, -0.2) is 0 Å². The fourth-order valence-corrected chi connectivity index (χ4v) is 6.45. The van der Waals surface area contributed by atoms with Crippen LogP contribution in [0.25, 0.3) is 0 Å². The molecule has 3 aliphatic rings. The van der Waals surface area contributed by atoms with Gasteiger partial charge < -0.3 is 64.8 Å². The van der Waals surface area contributed by atoms with Crippen LogP contribution < -0.4 is 47.8 Å². The number of hydrogen-bond acceptors (Lipinski definition) is 13. The molecule has 3 aliphatic heterocycles. The van der Waals surface area contributed by atoms with Crippen molar-refractivity contribution in [3.8, 4) is 17.2 Å². The Morgan fingerprint density at radius 1 is 0.551 bits per heavy atom. The smallest absolute Gasteiger partial charge is 0.494 e. The predicted octanol–water partition coefficient (Wildman–Crippen LogP) is -0.413. The van der Waals surface area contributed by atoms with Gasteiger partial charge >= 0.3 is 21.4 Å². The standard InChI is InChI=1S/C33H44B3N3O10/c37-19-28-22-7-1-10-25(31(22)34(41)47-28)43-15-5-17-45-36-33-24(30(21-39)49-36)9-3-12-27(33)44-16-6-18-46-35-32-23(29(20-38)48-35)8-2-11-26(32)42-14-4-13-40/h1-3,7-12,28-30,40-41H,4-6,13-21,37-39H2. The summed E-state index contributed by atoms with van der Waals surface area (Å²) in [5.74, 6) is 1.91. The molecule has 260 valence electrons. The monoisotopic (exact) mass is 675 g/mol. The molecule has 0 aromatic heterocycles. The molecular formula is C33H44B3N3O10. The number of hydrogen-bond donors (Lipinski definition) is 5. The second kappa shape index (κ2) is 17.2. The number of nitrogens with two attached hydrogens (primary N) is 3. The highest BCUT2D eigenvalue weighted by Gasteiger charge is 2.41. The first-order valence-electron chi connectivity index (χ1n) is 16.9. The van der Waals surface area contributed by atoms with Crippen molar-refractivity contribution in [3.63, 3.8) is 0 Å². The molecule has 0 amide bonds. The molecule has 3 unspecified atom stereocenters. The van der Waals surface area contributed by atoms with Gasteiger partial charge in [0.2, 0.25) is 0 Å². The Kier molecular flexibility index (Phi) is 12.5. The first-order valence-corrected chi connectivity index (χ1v) is 16.9. The van der Waals surface area contributed by atoms with Gasteiger partial charge in [0.1, 0.15) is 17.2 Å². The average Bonchev–Trinajstić information content (AvgIpc) is 3.79. The van der Waals surface area contributed by atoms with E-state index < -0.39 is 21.4 Å². The Hall–Kier alpha value is -3.15.